The number of carbonyl (C=O) groups is 1. The summed E-state index contributed by atoms with van der Waals surface area (Å²) in [6, 6.07) is 6.31. The lowest BCUT2D eigenvalue weighted by Crippen LogP contribution is -2.44. The summed E-state index contributed by atoms with van der Waals surface area (Å²) in [4.78, 5) is 25.5. The Morgan fingerprint density at radius 2 is 2.16 bits per heavy atom. The number of amides is 1. The molecule has 1 aromatic carbocycles. The van der Waals surface area contributed by atoms with E-state index in [2.05, 4.69) is 25.6 Å². The van der Waals surface area contributed by atoms with Crippen LogP contribution in [0.25, 0.3) is 5.82 Å². The van der Waals surface area contributed by atoms with Gasteiger partial charge in [0.1, 0.15) is 17.8 Å². The lowest BCUT2D eigenvalue weighted by molar-refractivity contribution is -0.0794. The molecule has 8 nitrogen and oxygen atoms in total. The van der Waals surface area contributed by atoms with Crippen LogP contribution in [-0.2, 0) is 0 Å². The van der Waals surface area contributed by atoms with Gasteiger partial charge in [0.2, 0.25) is 5.95 Å². The Morgan fingerprint density at radius 3 is 2.84 bits per heavy atom. The molecule has 0 spiro atoms. The first kappa shape index (κ1) is 22.1. The van der Waals surface area contributed by atoms with Crippen molar-refractivity contribution in [2.75, 3.05) is 11.9 Å². The second-order valence-electron chi connectivity index (χ2n) is 7.79. The molecule has 32 heavy (non-hydrogen) atoms. The van der Waals surface area contributed by atoms with Crippen molar-refractivity contribution in [3.8, 4) is 5.82 Å². The first-order valence-electron chi connectivity index (χ1n) is 10.0. The molecule has 0 unspecified atom stereocenters. The van der Waals surface area contributed by atoms with Crippen molar-refractivity contribution in [2.24, 2.45) is 5.73 Å². The highest BCUT2D eigenvalue weighted by Crippen LogP contribution is 2.38. The minimum Gasteiger partial charge on any atom is -0.351 e. The van der Waals surface area contributed by atoms with E-state index in [4.69, 9.17) is 17.3 Å². The number of carbonyl (C=O) groups excluding carboxylic acids is 1. The normalized spacial score (nSPS) is 16.3. The van der Waals surface area contributed by atoms with Crippen LogP contribution in [0.3, 0.4) is 0 Å². The van der Waals surface area contributed by atoms with E-state index in [9.17, 15) is 13.6 Å². The van der Waals surface area contributed by atoms with Crippen LogP contribution in [0.1, 0.15) is 40.5 Å². The van der Waals surface area contributed by atoms with Gasteiger partial charge in [-0.1, -0.05) is 23.7 Å². The third kappa shape index (κ3) is 4.86. The molecule has 1 saturated carbocycles. The number of hydrogen-bond donors (Lipinski definition) is 3. The molecule has 168 valence electrons. The average molecular weight is 462 g/mol. The maximum Gasteiger partial charge on any atom is 0.272 e. The number of halogens is 3. The van der Waals surface area contributed by atoms with Gasteiger partial charge in [0.15, 0.2) is 0 Å². The molecule has 4 rings (SSSR count). The van der Waals surface area contributed by atoms with Gasteiger partial charge in [0.25, 0.3) is 11.8 Å². The number of anilines is 1. The molecule has 2 aromatic heterocycles. The van der Waals surface area contributed by atoms with Gasteiger partial charge < -0.3 is 16.4 Å². The highest BCUT2D eigenvalue weighted by molar-refractivity contribution is 6.30. The van der Waals surface area contributed by atoms with E-state index in [0.29, 0.717) is 10.8 Å². The Kier molecular flexibility index (Phi) is 6.07. The molecule has 0 radical (unpaired) electrons. The number of imidazole rings is 1. The van der Waals surface area contributed by atoms with Crippen LogP contribution in [0.4, 0.5) is 14.7 Å². The summed E-state index contributed by atoms with van der Waals surface area (Å²) >= 11 is 6.03. The van der Waals surface area contributed by atoms with Gasteiger partial charge in [-0.2, -0.15) is 4.98 Å². The summed E-state index contributed by atoms with van der Waals surface area (Å²) in [6.45, 7) is 1.99. The van der Waals surface area contributed by atoms with E-state index < -0.39 is 17.9 Å². The molecule has 1 atom stereocenters. The topological polar surface area (TPSA) is 111 Å². The minimum absolute atomic E-state index is 0.177. The molecule has 1 amide bonds. The summed E-state index contributed by atoms with van der Waals surface area (Å²) in [5.41, 5.74) is 7.53. The fourth-order valence-electron chi connectivity index (χ4n) is 3.50. The van der Waals surface area contributed by atoms with Crippen LogP contribution in [0.2, 0.25) is 5.02 Å². The van der Waals surface area contributed by atoms with Crippen molar-refractivity contribution < 1.29 is 13.6 Å². The minimum atomic E-state index is -2.63. The van der Waals surface area contributed by atoms with Crippen LogP contribution >= 0.6 is 11.6 Å². The number of nitrogens with two attached hydrogens (primary N) is 1. The molecule has 0 saturated heterocycles. The monoisotopic (exact) mass is 461 g/mol. The molecule has 11 heteroatoms. The van der Waals surface area contributed by atoms with E-state index in [1.54, 1.807) is 35.9 Å². The molecular formula is C21H22ClF2N7O. The van der Waals surface area contributed by atoms with Gasteiger partial charge in [0, 0.05) is 48.4 Å². The Balaban J connectivity index is 1.48. The number of benzene rings is 1. The molecular weight excluding hydrogens is 440 g/mol. The third-order valence-corrected chi connectivity index (χ3v) is 5.46. The van der Waals surface area contributed by atoms with Crippen LogP contribution in [0, 0.1) is 6.92 Å². The number of nitrogens with zero attached hydrogens (tertiary/aromatic N) is 4. The lowest BCUT2D eigenvalue weighted by atomic mass is 9.88. The summed E-state index contributed by atoms with van der Waals surface area (Å²) in [7, 11) is 0. The maximum atomic E-state index is 13.1. The number of rotatable bonds is 7. The van der Waals surface area contributed by atoms with Crippen molar-refractivity contribution >= 4 is 23.5 Å². The molecule has 1 aliphatic carbocycles. The second-order valence-corrected chi connectivity index (χ2v) is 8.23. The van der Waals surface area contributed by atoms with Crippen molar-refractivity contribution in [1.82, 2.24) is 24.8 Å². The number of nitrogens with one attached hydrogen (secondary N) is 2. The Hall–Kier alpha value is -3.11. The maximum absolute atomic E-state index is 13.1. The highest BCUT2D eigenvalue weighted by Gasteiger charge is 2.45. The number of alkyl halides is 2. The summed E-state index contributed by atoms with van der Waals surface area (Å²) < 4.78 is 27.7. The molecule has 3 aromatic rings. The van der Waals surface area contributed by atoms with Crippen molar-refractivity contribution in [3.63, 3.8) is 0 Å². The zero-order chi connectivity index (χ0) is 22.9. The molecule has 1 fully saturated rings. The van der Waals surface area contributed by atoms with Gasteiger partial charge in [-0.15, -0.1) is 0 Å². The third-order valence-electron chi connectivity index (χ3n) is 5.22. The predicted octanol–water partition coefficient (Wildman–Crippen LogP) is 3.26. The van der Waals surface area contributed by atoms with Gasteiger partial charge in [-0.25, -0.2) is 18.7 Å². The zero-order valence-electron chi connectivity index (χ0n) is 17.2. The highest BCUT2D eigenvalue weighted by atomic mass is 35.5. The first-order valence-corrected chi connectivity index (χ1v) is 10.4. The fraction of sp³-hybridized carbons (Fsp3) is 0.333. The Morgan fingerprint density at radius 1 is 1.38 bits per heavy atom. The number of aryl methyl sites for hydroxylation is 1. The lowest BCUT2D eigenvalue weighted by Gasteiger charge is -2.35. The Labute approximate surface area is 188 Å². The molecule has 2 heterocycles. The predicted molar refractivity (Wildman–Crippen MR) is 116 cm³/mol. The van der Waals surface area contributed by atoms with E-state index in [1.807, 2.05) is 6.07 Å². The van der Waals surface area contributed by atoms with Crippen molar-refractivity contribution in [1.29, 1.82) is 0 Å². The largest absolute Gasteiger partial charge is 0.351 e. The van der Waals surface area contributed by atoms with E-state index >= 15 is 0 Å². The summed E-state index contributed by atoms with van der Waals surface area (Å²) in [5.74, 6) is -2.30. The van der Waals surface area contributed by atoms with Crippen LogP contribution in [0.5, 0.6) is 0 Å². The smallest absolute Gasteiger partial charge is 0.272 e. The van der Waals surface area contributed by atoms with Gasteiger partial charge >= 0.3 is 0 Å². The molecule has 0 bridgehead atoms. The average Bonchev–Trinajstić information content (AvgIpc) is 3.22. The fourth-order valence-corrected chi connectivity index (χ4v) is 3.70. The Bertz CT molecular complexity index is 1130. The molecule has 4 N–H and O–H groups in total. The summed E-state index contributed by atoms with van der Waals surface area (Å²) in [5, 5.41) is 6.32. The quantitative estimate of drug-likeness (QED) is 0.498. The molecule has 1 aliphatic rings. The van der Waals surface area contributed by atoms with Gasteiger partial charge in [-0.05, 0) is 24.6 Å². The van der Waals surface area contributed by atoms with Crippen molar-refractivity contribution in [3.05, 3.63) is 64.8 Å². The number of aromatic nitrogens is 4. The number of hydrogen-bond acceptors (Lipinski definition) is 6. The van der Waals surface area contributed by atoms with Crippen LogP contribution in [0.15, 0.2) is 43.0 Å². The van der Waals surface area contributed by atoms with Crippen LogP contribution in [-0.4, -0.2) is 43.9 Å². The first-order chi connectivity index (χ1) is 15.2. The summed E-state index contributed by atoms with van der Waals surface area (Å²) in [6.07, 6.45) is 4.10. The van der Waals surface area contributed by atoms with E-state index in [1.165, 1.54) is 12.5 Å². The van der Waals surface area contributed by atoms with E-state index in [0.717, 1.165) is 11.1 Å². The molecule has 0 aliphatic heterocycles. The standard InChI is InChI=1S/C21H22ClF2N7O/c1-12-9-26-20(28-15-6-21(23,24)7-15)30-18(12)31-10-17(27-11-31)19(32)29-16(8-25)13-3-2-4-14(22)5-13/h2-5,9-11,15-16H,6-8,25H2,1H3,(H,29,32)(H,26,28,30)/t16-/m1/s1. The second kappa shape index (κ2) is 8.79. The van der Waals surface area contributed by atoms with Crippen molar-refractivity contribution in [2.45, 2.75) is 37.8 Å². The van der Waals surface area contributed by atoms with Gasteiger partial charge in [-0.3, -0.25) is 9.36 Å². The SMILES string of the molecule is Cc1cnc(NC2CC(F)(F)C2)nc1-n1cnc(C(=O)N[C@H](CN)c2cccc(Cl)c2)c1. The van der Waals surface area contributed by atoms with Crippen LogP contribution < -0.4 is 16.4 Å². The zero-order valence-corrected chi connectivity index (χ0v) is 18.0. The van der Waals surface area contributed by atoms with E-state index in [-0.39, 0.29) is 37.1 Å². The van der Waals surface area contributed by atoms with Gasteiger partial charge in [0.05, 0.1) is 6.04 Å².